The Labute approximate surface area is 120 Å². The largest absolute Gasteiger partial charge is 0.386 e. The molecule has 0 bridgehead atoms. The summed E-state index contributed by atoms with van der Waals surface area (Å²) < 4.78 is 5.40. The van der Waals surface area contributed by atoms with Crippen molar-refractivity contribution in [2.24, 2.45) is 0 Å². The Morgan fingerprint density at radius 3 is 2.53 bits per heavy atom. The van der Waals surface area contributed by atoms with Crippen LogP contribution in [0.2, 0.25) is 0 Å². The van der Waals surface area contributed by atoms with Crippen molar-refractivity contribution >= 4 is 11.8 Å². The monoisotopic (exact) mass is 281 g/mol. The molecule has 1 fully saturated rings. The van der Waals surface area contributed by atoms with E-state index in [0.717, 1.165) is 36.8 Å². The van der Waals surface area contributed by atoms with Gasteiger partial charge in [0.1, 0.15) is 0 Å². The molecule has 0 aromatic heterocycles. The number of benzene rings is 1. The third kappa shape index (κ3) is 3.14. The van der Waals surface area contributed by atoms with Crippen molar-refractivity contribution in [1.82, 2.24) is 4.90 Å². The number of nitrogens with zero attached hydrogens (tertiary/aromatic N) is 1. The zero-order chi connectivity index (χ0) is 13.9. The van der Waals surface area contributed by atoms with Crippen molar-refractivity contribution in [2.75, 3.05) is 32.6 Å². The van der Waals surface area contributed by atoms with E-state index in [9.17, 15) is 5.11 Å². The van der Waals surface area contributed by atoms with Crippen LogP contribution in [0.15, 0.2) is 29.2 Å². The standard InChI is InChI=1S/C15H23NO2S/c1-15(2,16-8-10-18-11-9-16)14(17)12-6-4-5-7-13(12)19-3/h4-7,14,17H,8-11H2,1-3H3. The molecule has 0 amide bonds. The number of aliphatic hydroxyl groups excluding tert-OH is 1. The van der Waals surface area contributed by atoms with Crippen LogP contribution in [-0.2, 0) is 4.74 Å². The topological polar surface area (TPSA) is 32.7 Å². The van der Waals surface area contributed by atoms with Gasteiger partial charge in [-0.3, -0.25) is 4.90 Å². The molecule has 1 aromatic rings. The quantitative estimate of drug-likeness (QED) is 0.860. The molecular formula is C15H23NO2S. The molecule has 1 aromatic carbocycles. The zero-order valence-electron chi connectivity index (χ0n) is 11.9. The summed E-state index contributed by atoms with van der Waals surface area (Å²) in [5, 5.41) is 10.8. The molecular weight excluding hydrogens is 258 g/mol. The van der Waals surface area contributed by atoms with Gasteiger partial charge in [-0.25, -0.2) is 0 Å². The van der Waals surface area contributed by atoms with Gasteiger partial charge in [-0.15, -0.1) is 11.8 Å². The summed E-state index contributed by atoms with van der Waals surface area (Å²) in [6.07, 6.45) is 1.56. The van der Waals surface area contributed by atoms with E-state index in [0.29, 0.717) is 0 Å². The summed E-state index contributed by atoms with van der Waals surface area (Å²) in [6, 6.07) is 8.11. The van der Waals surface area contributed by atoms with Gasteiger partial charge in [0.2, 0.25) is 0 Å². The molecule has 0 aliphatic carbocycles. The first-order valence-electron chi connectivity index (χ1n) is 6.71. The molecule has 0 saturated carbocycles. The minimum absolute atomic E-state index is 0.282. The van der Waals surface area contributed by atoms with E-state index in [4.69, 9.17) is 4.74 Å². The van der Waals surface area contributed by atoms with Gasteiger partial charge < -0.3 is 9.84 Å². The summed E-state index contributed by atoms with van der Waals surface area (Å²) in [6.45, 7) is 7.48. The predicted octanol–water partition coefficient (Wildman–Crippen LogP) is 2.55. The Balaban J connectivity index is 2.23. The molecule has 4 heteroatoms. The zero-order valence-corrected chi connectivity index (χ0v) is 12.7. The van der Waals surface area contributed by atoms with Gasteiger partial charge in [0, 0.05) is 23.5 Å². The number of hydrogen-bond donors (Lipinski definition) is 1. The summed E-state index contributed by atoms with van der Waals surface area (Å²) >= 11 is 1.68. The first-order chi connectivity index (χ1) is 9.07. The smallest absolute Gasteiger partial charge is 0.0979 e. The van der Waals surface area contributed by atoms with E-state index in [1.165, 1.54) is 0 Å². The molecule has 106 valence electrons. The molecule has 0 radical (unpaired) electrons. The lowest BCUT2D eigenvalue weighted by atomic mass is 9.89. The summed E-state index contributed by atoms with van der Waals surface area (Å²) in [7, 11) is 0. The van der Waals surface area contributed by atoms with Crippen LogP contribution in [-0.4, -0.2) is 48.1 Å². The van der Waals surface area contributed by atoms with Crippen LogP contribution >= 0.6 is 11.8 Å². The number of morpholine rings is 1. The SMILES string of the molecule is CSc1ccccc1C(O)C(C)(C)N1CCOCC1. The highest BCUT2D eigenvalue weighted by Crippen LogP contribution is 2.35. The van der Waals surface area contributed by atoms with Crippen LogP contribution in [0, 0.1) is 0 Å². The highest BCUT2D eigenvalue weighted by Gasteiger charge is 2.36. The average molecular weight is 281 g/mol. The average Bonchev–Trinajstić information content (AvgIpc) is 2.47. The lowest BCUT2D eigenvalue weighted by molar-refractivity contribution is -0.0637. The highest BCUT2D eigenvalue weighted by molar-refractivity contribution is 7.98. The molecule has 0 spiro atoms. The number of hydrogen-bond acceptors (Lipinski definition) is 4. The summed E-state index contributed by atoms with van der Waals surface area (Å²) in [5.74, 6) is 0. The predicted molar refractivity (Wildman–Crippen MR) is 79.7 cm³/mol. The lowest BCUT2D eigenvalue weighted by Gasteiger charge is -2.44. The van der Waals surface area contributed by atoms with Gasteiger partial charge >= 0.3 is 0 Å². The van der Waals surface area contributed by atoms with Gasteiger partial charge in [0.15, 0.2) is 0 Å². The van der Waals surface area contributed by atoms with Gasteiger partial charge in [0.05, 0.1) is 19.3 Å². The van der Waals surface area contributed by atoms with Crippen LogP contribution in [0.5, 0.6) is 0 Å². The van der Waals surface area contributed by atoms with Crippen molar-refractivity contribution in [3.63, 3.8) is 0 Å². The van der Waals surface area contributed by atoms with E-state index in [2.05, 4.69) is 24.8 Å². The van der Waals surface area contributed by atoms with Crippen molar-refractivity contribution in [3.8, 4) is 0 Å². The molecule has 1 N–H and O–H groups in total. The maximum Gasteiger partial charge on any atom is 0.0979 e. The van der Waals surface area contributed by atoms with E-state index in [1.807, 2.05) is 24.5 Å². The Bertz CT molecular complexity index is 416. The van der Waals surface area contributed by atoms with Crippen LogP contribution in [0.3, 0.4) is 0 Å². The minimum atomic E-state index is -0.491. The molecule has 19 heavy (non-hydrogen) atoms. The highest BCUT2D eigenvalue weighted by atomic mass is 32.2. The van der Waals surface area contributed by atoms with Crippen LogP contribution < -0.4 is 0 Å². The Morgan fingerprint density at radius 2 is 1.89 bits per heavy atom. The third-order valence-electron chi connectivity index (χ3n) is 3.93. The van der Waals surface area contributed by atoms with Crippen LogP contribution in [0.1, 0.15) is 25.5 Å². The normalized spacial score (nSPS) is 19.4. The lowest BCUT2D eigenvalue weighted by Crippen LogP contribution is -2.53. The van der Waals surface area contributed by atoms with Gasteiger partial charge in [-0.1, -0.05) is 18.2 Å². The van der Waals surface area contributed by atoms with Crippen LogP contribution in [0.25, 0.3) is 0 Å². The van der Waals surface area contributed by atoms with Crippen molar-refractivity contribution < 1.29 is 9.84 Å². The molecule has 1 unspecified atom stereocenters. The van der Waals surface area contributed by atoms with Crippen molar-refractivity contribution in [3.05, 3.63) is 29.8 Å². The first kappa shape index (κ1) is 14.9. The first-order valence-corrected chi connectivity index (χ1v) is 7.93. The Morgan fingerprint density at radius 1 is 1.26 bits per heavy atom. The molecule has 1 saturated heterocycles. The fraction of sp³-hybridized carbons (Fsp3) is 0.600. The van der Waals surface area contributed by atoms with E-state index in [-0.39, 0.29) is 5.54 Å². The van der Waals surface area contributed by atoms with E-state index < -0.39 is 6.10 Å². The van der Waals surface area contributed by atoms with Crippen molar-refractivity contribution in [1.29, 1.82) is 0 Å². The number of thioether (sulfide) groups is 1. The minimum Gasteiger partial charge on any atom is -0.386 e. The summed E-state index contributed by atoms with van der Waals surface area (Å²) in [4.78, 5) is 3.47. The second-order valence-corrected chi connectivity index (χ2v) is 6.25. The number of rotatable bonds is 4. The second kappa shape index (κ2) is 6.27. The molecule has 2 rings (SSSR count). The van der Waals surface area contributed by atoms with E-state index >= 15 is 0 Å². The van der Waals surface area contributed by atoms with Gasteiger partial charge in [-0.2, -0.15) is 0 Å². The van der Waals surface area contributed by atoms with Gasteiger partial charge in [0.25, 0.3) is 0 Å². The molecule has 1 aliphatic heterocycles. The molecule has 1 heterocycles. The molecule has 1 atom stereocenters. The van der Waals surface area contributed by atoms with Gasteiger partial charge in [-0.05, 0) is 31.7 Å². The fourth-order valence-electron chi connectivity index (χ4n) is 2.59. The van der Waals surface area contributed by atoms with Crippen molar-refractivity contribution in [2.45, 2.75) is 30.4 Å². The maximum atomic E-state index is 10.8. The molecule has 1 aliphatic rings. The Hall–Kier alpha value is -0.550. The van der Waals surface area contributed by atoms with E-state index in [1.54, 1.807) is 11.8 Å². The second-order valence-electron chi connectivity index (χ2n) is 5.40. The summed E-state index contributed by atoms with van der Waals surface area (Å²) in [5.41, 5.74) is 0.738. The maximum absolute atomic E-state index is 10.8. The number of aliphatic hydroxyl groups is 1. The van der Waals surface area contributed by atoms with Crippen LogP contribution in [0.4, 0.5) is 0 Å². The molecule has 3 nitrogen and oxygen atoms in total. The fourth-order valence-corrected chi connectivity index (χ4v) is 3.22. The number of ether oxygens (including phenoxy) is 1. The Kier molecular flexibility index (Phi) is 4.90. The third-order valence-corrected chi connectivity index (χ3v) is 4.74.